The first-order valence-electron chi connectivity index (χ1n) is 9.75. The van der Waals surface area contributed by atoms with Crippen LogP contribution >= 0.6 is 36.4 Å². The Morgan fingerprint density at radius 3 is 2.66 bits per heavy atom. The molecule has 2 aliphatic rings. The lowest BCUT2D eigenvalue weighted by Gasteiger charge is -2.37. The van der Waals surface area contributed by atoms with E-state index in [1.54, 1.807) is 0 Å². The van der Waals surface area contributed by atoms with Gasteiger partial charge in [-0.3, -0.25) is 0 Å². The second-order valence-corrected chi connectivity index (χ2v) is 8.23. The number of likely N-dealkylation sites (tertiary alicyclic amines) is 1. The Labute approximate surface area is 190 Å². The van der Waals surface area contributed by atoms with Crippen LogP contribution in [0.2, 0.25) is 5.02 Å². The summed E-state index contributed by atoms with van der Waals surface area (Å²) < 4.78 is 7.89. The van der Waals surface area contributed by atoms with Gasteiger partial charge in [-0.2, -0.15) is 0 Å². The monoisotopic (exact) mass is 461 g/mol. The summed E-state index contributed by atoms with van der Waals surface area (Å²) in [4.78, 5) is 2.58. The van der Waals surface area contributed by atoms with Gasteiger partial charge in [0, 0.05) is 43.9 Å². The molecule has 162 valence electrons. The Morgan fingerprint density at radius 1 is 1.21 bits per heavy atom. The molecule has 2 fully saturated rings. The number of nitrogens with one attached hydrogen (secondary N) is 1. The van der Waals surface area contributed by atoms with E-state index in [1.807, 2.05) is 49.3 Å². The number of methoxy groups -OCH3 is 1. The molecule has 0 amide bonds. The smallest absolute Gasteiger partial charge is 0.113 e. The van der Waals surface area contributed by atoms with Gasteiger partial charge in [-0.1, -0.05) is 28.9 Å². The molecule has 0 unspecified atom stereocenters. The van der Waals surface area contributed by atoms with Crippen molar-refractivity contribution in [2.75, 3.05) is 40.3 Å². The van der Waals surface area contributed by atoms with Crippen molar-refractivity contribution in [3.05, 3.63) is 35.5 Å². The highest BCUT2D eigenvalue weighted by molar-refractivity contribution is 6.30. The van der Waals surface area contributed by atoms with Crippen LogP contribution in [0.1, 0.15) is 18.9 Å². The highest BCUT2D eigenvalue weighted by Gasteiger charge is 2.43. The van der Waals surface area contributed by atoms with Crippen LogP contribution in [0.4, 0.5) is 0 Å². The van der Waals surface area contributed by atoms with Crippen LogP contribution in [0.3, 0.4) is 0 Å². The molecule has 2 aromatic rings. The van der Waals surface area contributed by atoms with Gasteiger partial charge in [0.2, 0.25) is 0 Å². The van der Waals surface area contributed by atoms with Crippen molar-refractivity contribution in [1.82, 2.24) is 25.2 Å². The molecule has 2 heterocycles. The Hall–Kier alpha value is -0.890. The summed E-state index contributed by atoms with van der Waals surface area (Å²) in [5.41, 5.74) is 1.85. The van der Waals surface area contributed by atoms with E-state index in [0.717, 1.165) is 43.1 Å². The molecule has 1 saturated carbocycles. The van der Waals surface area contributed by atoms with Crippen LogP contribution in [0.15, 0.2) is 30.5 Å². The number of ether oxygens (including phenoxy) is 1. The van der Waals surface area contributed by atoms with E-state index in [-0.39, 0.29) is 37.0 Å². The average molecular weight is 463 g/mol. The summed E-state index contributed by atoms with van der Waals surface area (Å²) >= 11 is 6.12. The largest absolute Gasteiger partial charge is 0.379 e. The van der Waals surface area contributed by atoms with E-state index in [4.69, 9.17) is 16.3 Å². The van der Waals surface area contributed by atoms with Gasteiger partial charge in [-0.25, -0.2) is 4.68 Å². The molecule has 4 rings (SSSR count). The number of hydrogen-bond donors (Lipinski definition) is 1. The molecular weight excluding hydrogens is 433 g/mol. The van der Waals surface area contributed by atoms with Gasteiger partial charge in [0.25, 0.3) is 0 Å². The zero-order valence-corrected chi connectivity index (χ0v) is 19.2. The van der Waals surface area contributed by atoms with Crippen molar-refractivity contribution < 1.29 is 4.74 Å². The minimum atomic E-state index is 0. The number of rotatable bonds is 6. The fourth-order valence-electron chi connectivity index (χ4n) is 4.69. The molecular formula is C20H30Cl3N5O. The normalized spacial score (nSPS) is 26.4. The van der Waals surface area contributed by atoms with Crippen LogP contribution in [0.25, 0.3) is 11.3 Å². The zero-order valence-electron chi connectivity index (χ0n) is 16.8. The summed E-state index contributed by atoms with van der Waals surface area (Å²) in [6, 6.07) is 8.00. The molecule has 4 atom stereocenters. The number of aromatic nitrogens is 3. The Morgan fingerprint density at radius 2 is 1.97 bits per heavy atom. The fourth-order valence-corrected chi connectivity index (χ4v) is 4.88. The molecule has 1 aromatic carbocycles. The van der Waals surface area contributed by atoms with Gasteiger partial charge in [0.15, 0.2) is 0 Å². The maximum Gasteiger partial charge on any atom is 0.113 e. The summed E-state index contributed by atoms with van der Waals surface area (Å²) in [5.74, 6) is 1.43. The fraction of sp³-hybridized carbons (Fsp3) is 0.600. The lowest BCUT2D eigenvalue weighted by atomic mass is 9.77. The van der Waals surface area contributed by atoms with Gasteiger partial charge in [-0.05, 0) is 43.9 Å². The molecule has 1 aliphatic carbocycles. The number of benzene rings is 1. The van der Waals surface area contributed by atoms with Crippen LogP contribution in [0, 0.1) is 11.8 Å². The number of likely N-dealkylation sites (N-methyl/N-ethyl adjacent to an activating group) is 1. The molecule has 29 heavy (non-hydrogen) atoms. The third-order valence-corrected chi connectivity index (χ3v) is 6.35. The van der Waals surface area contributed by atoms with E-state index < -0.39 is 0 Å². The van der Waals surface area contributed by atoms with Crippen molar-refractivity contribution in [3.63, 3.8) is 0 Å². The SMILES string of the molecule is CNCCN1C[C@H]2C[C@@H](n3cc(-c4cccc(Cl)c4)nn3)[C@H](OC)C[C@H]2C1.Cl.Cl. The van der Waals surface area contributed by atoms with Crippen LogP contribution < -0.4 is 5.32 Å². The van der Waals surface area contributed by atoms with Crippen molar-refractivity contribution in [3.8, 4) is 11.3 Å². The highest BCUT2D eigenvalue weighted by Crippen LogP contribution is 2.42. The van der Waals surface area contributed by atoms with Gasteiger partial charge < -0.3 is 15.0 Å². The van der Waals surface area contributed by atoms with Crippen LogP contribution in [-0.4, -0.2) is 66.3 Å². The van der Waals surface area contributed by atoms with Crippen LogP contribution in [0.5, 0.6) is 0 Å². The van der Waals surface area contributed by atoms with Crippen LogP contribution in [-0.2, 0) is 4.74 Å². The van der Waals surface area contributed by atoms with E-state index >= 15 is 0 Å². The average Bonchev–Trinajstić information content (AvgIpc) is 3.31. The number of fused-ring (bicyclic) bond motifs is 1. The molecule has 0 spiro atoms. The molecule has 1 N–H and O–H groups in total. The Bertz CT molecular complexity index is 774. The molecule has 6 nitrogen and oxygen atoms in total. The Balaban J connectivity index is 0.00000150. The Kier molecular flexibility index (Phi) is 9.19. The lowest BCUT2D eigenvalue weighted by molar-refractivity contribution is -0.00544. The van der Waals surface area contributed by atoms with Crippen molar-refractivity contribution in [2.24, 2.45) is 11.8 Å². The van der Waals surface area contributed by atoms with E-state index in [1.165, 1.54) is 13.1 Å². The number of halogens is 3. The summed E-state index contributed by atoms with van der Waals surface area (Å²) in [6.45, 7) is 4.52. The lowest BCUT2D eigenvalue weighted by Crippen LogP contribution is -2.37. The molecule has 9 heteroatoms. The van der Waals surface area contributed by atoms with E-state index in [9.17, 15) is 0 Å². The van der Waals surface area contributed by atoms with Crippen molar-refractivity contribution in [2.45, 2.75) is 25.0 Å². The van der Waals surface area contributed by atoms with Crippen molar-refractivity contribution >= 4 is 36.4 Å². The van der Waals surface area contributed by atoms with Gasteiger partial charge in [0.05, 0.1) is 18.3 Å². The van der Waals surface area contributed by atoms with Gasteiger partial charge >= 0.3 is 0 Å². The first-order chi connectivity index (χ1) is 13.2. The minimum Gasteiger partial charge on any atom is -0.379 e. The third kappa shape index (κ3) is 5.43. The predicted molar refractivity (Wildman–Crippen MR) is 121 cm³/mol. The van der Waals surface area contributed by atoms with Crippen molar-refractivity contribution in [1.29, 1.82) is 0 Å². The molecule has 0 bridgehead atoms. The molecule has 1 aromatic heterocycles. The van der Waals surface area contributed by atoms with Gasteiger partial charge in [-0.15, -0.1) is 29.9 Å². The zero-order chi connectivity index (χ0) is 18.8. The van der Waals surface area contributed by atoms with E-state index in [0.29, 0.717) is 10.9 Å². The maximum atomic E-state index is 6.12. The van der Waals surface area contributed by atoms with E-state index in [2.05, 4.69) is 20.5 Å². The molecule has 1 aliphatic heterocycles. The predicted octanol–water partition coefficient (Wildman–Crippen LogP) is 3.56. The van der Waals surface area contributed by atoms with Gasteiger partial charge in [0.1, 0.15) is 5.69 Å². The molecule has 1 saturated heterocycles. The minimum absolute atomic E-state index is 0. The first-order valence-corrected chi connectivity index (χ1v) is 10.1. The second-order valence-electron chi connectivity index (χ2n) is 7.79. The standard InChI is InChI=1S/C20H28ClN5O.2ClH/c1-22-6-7-25-11-15-9-19(20(27-2)10-16(15)12-25)26-13-18(23-24-26)14-4-3-5-17(21)8-14;;/h3-5,8,13,15-16,19-20,22H,6-7,9-12H2,1-2H3;2*1H/t15-,16+,19-,20-;;/m1../s1. The highest BCUT2D eigenvalue weighted by atomic mass is 35.5. The quantitative estimate of drug-likeness (QED) is 0.711. The number of hydrogen-bond acceptors (Lipinski definition) is 5. The molecule has 0 radical (unpaired) electrons. The second kappa shape index (κ2) is 10.9. The topological polar surface area (TPSA) is 55.2 Å². The maximum absolute atomic E-state index is 6.12. The third-order valence-electron chi connectivity index (χ3n) is 6.11. The number of nitrogens with zero attached hydrogens (tertiary/aromatic N) is 4. The summed E-state index contributed by atoms with van der Waals surface area (Å²) in [7, 11) is 3.84. The summed E-state index contributed by atoms with van der Waals surface area (Å²) in [5, 5.41) is 12.8. The first kappa shape index (κ1) is 24.4. The summed E-state index contributed by atoms with van der Waals surface area (Å²) in [6.07, 6.45) is 4.41.